The van der Waals surface area contributed by atoms with Crippen LogP contribution < -0.4 is 10.6 Å². The summed E-state index contributed by atoms with van der Waals surface area (Å²) in [7, 11) is 5.45. The van der Waals surface area contributed by atoms with Crippen LogP contribution in [-0.2, 0) is 33.3 Å². The zero-order valence-corrected chi connectivity index (χ0v) is 26.5. The van der Waals surface area contributed by atoms with E-state index in [1.54, 1.807) is 25.1 Å². The van der Waals surface area contributed by atoms with E-state index >= 15 is 0 Å². The number of fused-ring (bicyclic) bond motifs is 1. The minimum absolute atomic E-state index is 0.0249. The van der Waals surface area contributed by atoms with E-state index in [0.29, 0.717) is 0 Å². The quantitative estimate of drug-likeness (QED) is 0.351. The van der Waals surface area contributed by atoms with Crippen molar-refractivity contribution in [2.75, 3.05) is 14.1 Å². The molecule has 2 aromatic rings. The third-order valence-electron chi connectivity index (χ3n) is 8.07. The number of aryl methyl sites for hydroxylation is 2. The molecule has 1 aromatic heterocycles. The van der Waals surface area contributed by atoms with Gasteiger partial charge in [0, 0.05) is 42.2 Å². The van der Waals surface area contributed by atoms with Crippen molar-refractivity contribution in [1.82, 2.24) is 20.1 Å². The second kappa shape index (κ2) is 12.6. The zero-order chi connectivity index (χ0) is 30.7. The normalized spacial score (nSPS) is 15.2. The van der Waals surface area contributed by atoms with Crippen LogP contribution in [0.4, 0.5) is 0 Å². The molecule has 40 heavy (non-hydrogen) atoms. The summed E-state index contributed by atoms with van der Waals surface area (Å²) >= 11 is 0. The summed E-state index contributed by atoms with van der Waals surface area (Å²) < 4.78 is 2.10. The molecule has 0 aliphatic rings. The highest BCUT2D eigenvalue weighted by molar-refractivity contribution is 5.93. The lowest BCUT2D eigenvalue weighted by atomic mass is 9.76. The van der Waals surface area contributed by atoms with Crippen LogP contribution >= 0.6 is 0 Å². The Kier molecular flexibility index (Phi) is 10.4. The number of hydrogen-bond donors (Lipinski definition) is 3. The minimum atomic E-state index is -1.02. The standard InChI is InChI=1S/C32H50N4O4/c1-13-21-14-15-22-23(18-35(11)25(22)17-21)32(8,9)26(33-10)28(37)34-27(31(5,6)7)29(38)36(12)24(19(2)3)16-20(4)30(39)40/h14-19,24,26-27,33H,13H2,1-12H3,(H,34,37)(H,39,40)/b20-16+/t24-,26?,27-/m1/s1. The molecular formula is C32H50N4O4. The average Bonchev–Trinajstić information content (AvgIpc) is 3.20. The summed E-state index contributed by atoms with van der Waals surface area (Å²) in [4.78, 5) is 40.9. The number of nitrogens with zero attached hydrogens (tertiary/aromatic N) is 2. The molecule has 0 fully saturated rings. The van der Waals surface area contributed by atoms with Gasteiger partial charge >= 0.3 is 5.97 Å². The molecule has 0 saturated carbocycles. The summed E-state index contributed by atoms with van der Waals surface area (Å²) in [6.07, 6.45) is 4.64. The van der Waals surface area contributed by atoms with Gasteiger partial charge in [-0.25, -0.2) is 4.79 Å². The number of carbonyl (C=O) groups excluding carboxylic acids is 2. The molecular weight excluding hydrogens is 504 g/mol. The first-order valence-corrected chi connectivity index (χ1v) is 14.1. The van der Waals surface area contributed by atoms with Crippen molar-refractivity contribution in [1.29, 1.82) is 0 Å². The molecule has 3 atom stereocenters. The first-order valence-electron chi connectivity index (χ1n) is 14.1. The largest absolute Gasteiger partial charge is 0.478 e. The van der Waals surface area contributed by atoms with Crippen LogP contribution in [0.15, 0.2) is 36.0 Å². The van der Waals surface area contributed by atoms with Crippen molar-refractivity contribution in [3.63, 3.8) is 0 Å². The number of aliphatic carboxylic acids is 1. The molecule has 222 valence electrons. The number of carboxylic acid groups (broad SMARTS) is 1. The predicted octanol–water partition coefficient (Wildman–Crippen LogP) is 4.65. The number of likely N-dealkylation sites (N-methyl/N-ethyl adjacent to an activating group) is 2. The molecule has 0 aliphatic heterocycles. The first kappa shape index (κ1) is 33.1. The summed E-state index contributed by atoms with van der Waals surface area (Å²) in [6, 6.07) is 4.57. The molecule has 1 unspecified atom stereocenters. The van der Waals surface area contributed by atoms with Crippen molar-refractivity contribution in [3.8, 4) is 0 Å². The van der Waals surface area contributed by atoms with Crippen LogP contribution in [0.2, 0.25) is 0 Å². The van der Waals surface area contributed by atoms with Crippen LogP contribution in [0.25, 0.3) is 10.9 Å². The minimum Gasteiger partial charge on any atom is -0.478 e. The van der Waals surface area contributed by atoms with Gasteiger partial charge in [-0.05, 0) is 48.9 Å². The topological polar surface area (TPSA) is 104 Å². The molecule has 1 aromatic carbocycles. The smallest absolute Gasteiger partial charge is 0.331 e. The van der Waals surface area contributed by atoms with Crippen LogP contribution in [-0.4, -0.2) is 64.6 Å². The van der Waals surface area contributed by atoms with Crippen LogP contribution in [0.3, 0.4) is 0 Å². The molecule has 8 heteroatoms. The second-order valence-corrected chi connectivity index (χ2v) is 12.9. The van der Waals surface area contributed by atoms with E-state index < -0.39 is 34.9 Å². The number of carbonyl (C=O) groups is 3. The monoisotopic (exact) mass is 554 g/mol. The van der Waals surface area contributed by atoms with Gasteiger partial charge in [-0.2, -0.15) is 0 Å². The maximum Gasteiger partial charge on any atom is 0.331 e. The Labute approximate surface area is 240 Å². The van der Waals surface area contributed by atoms with Crippen LogP contribution in [0, 0.1) is 11.3 Å². The summed E-state index contributed by atoms with van der Waals surface area (Å²) in [5.41, 5.74) is 2.40. The van der Waals surface area contributed by atoms with Gasteiger partial charge in [0.25, 0.3) is 0 Å². The fourth-order valence-corrected chi connectivity index (χ4v) is 5.44. The van der Waals surface area contributed by atoms with Gasteiger partial charge in [-0.15, -0.1) is 0 Å². The number of nitrogens with one attached hydrogen (secondary N) is 2. The Balaban J connectivity index is 2.46. The van der Waals surface area contributed by atoms with Crippen molar-refractivity contribution < 1.29 is 19.5 Å². The third-order valence-corrected chi connectivity index (χ3v) is 8.07. The van der Waals surface area contributed by atoms with E-state index in [-0.39, 0.29) is 23.3 Å². The average molecular weight is 555 g/mol. The summed E-state index contributed by atoms with van der Waals surface area (Å²) in [5.74, 6) is -1.58. The van der Waals surface area contributed by atoms with Crippen molar-refractivity contribution in [3.05, 3.63) is 47.2 Å². The highest BCUT2D eigenvalue weighted by Gasteiger charge is 2.42. The lowest BCUT2D eigenvalue weighted by molar-refractivity contribution is -0.141. The molecule has 0 bridgehead atoms. The maximum atomic E-state index is 14.0. The van der Waals surface area contributed by atoms with Crippen LogP contribution in [0.1, 0.15) is 73.4 Å². The van der Waals surface area contributed by atoms with Gasteiger partial charge in [-0.1, -0.05) is 73.6 Å². The van der Waals surface area contributed by atoms with E-state index in [1.807, 2.05) is 55.5 Å². The molecule has 2 rings (SSSR count). The zero-order valence-electron chi connectivity index (χ0n) is 26.5. The lowest BCUT2D eigenvalue weighted by Crippen LogP contribution is -2.61. The van der Waals surface area contributed by atoms with E-state index in [1.165, 1.54) is 12.5 Å². The summed E-state index contributed by atoms with van der Waals surface area (Å²) in [5, 5.41) is 16.8. The predicted molar refractivity (Wildman–Crippen MR) is 162 cm³/mol. The Morgan fingerprint density at radius 1 is 1.10 bits per heavy atom. The molecule has 0 radical (unpaired) electrons. The van der Waals surface area contributed by atoms with Gasteiger partial charge in [0.2, 0.25) is 11.8 Å². The molecule has 1 heterocycles. The number of aromatic nitrogens is 1. The Morgan fingerprint density at radius 3 is 2.17 bits per heavy atom. The van der Waals surface area contributed by atoms with Gasteiger partial charge < -0.3 is 25.2 Å². The number of hydrogen-bond acceptors (Lipinski definition) is 4. The lowest BCUT2D eigenvalue weighted by Gasteiger charge is -2.39. The fraction of sp³-hybridized carbons (Fsp3) is 0.594. The number of carboxylic acids is 1. The molecule has 0 spiro atoms. The number of rotatable bonds is 11. The van der Waals surface area contributed by atoms with Crippen molar-refractivity contribution in [2.24, 2.45) is 18.4 Å². The van der Waals surface area contributed by atoms with Crippen molar-refractivity contribution in [2.45, 2.75) is 92.3 Å². The maximum absolute atomic E-state index is 14.0. The van der Waals surface area contributed by atoms with Crippen molar-refractivity contribution >= 4 is 28.7 Å². The number of amides is 2. The Bertz CT molecular complexity index is 1270. The van der Waals surface area contributed by atoms with Gasteiger partial charge in [-0.3, -0.25) is 9.59 Å². The van der Waals surface area contributed by atoms with E-state index in [4.69, 9.17) is 0 Å². The first-order chi connectivity index (χ1) is 18.4. The third kappa shape index (κ3) is 6.95. The van der Waals surface area contributed by atoms with E-state index in [0.717, 1.165) is 22.9 Å². The highest BCUT2D eigenvalue weighted by atomic mass is 16.4. The molecule has 8 nitrogen and oxygen atoms in total. The van der Waals surface area contributed by atoms with Crippen LogP contribution in [0.5, 0.6) is 0 Å². The fourth-order valence-electron chi connectivity index (χ4n) is 5.44. The Hall–Kier alpha value is -3.13. The van der Waals surface area contributed by atoms with Gasteiger partial charge in [0.15, 0.2) is 0 Å². The Morgan fingerprint density at radius 2 is 1.70 bits per heavy atom. The molecule has 0 saturated heterocycles. The molecule has 2 amide bonds. The van der Waals surface area contributed by atoms with E-state index in [2.05, 4.69) is 46.5 Å². The van der Waals surface area contributed by atoms with E-state index in [9.17, 15) is 19.5 Å². The van der Waals surface area contributed by atoms with Gasteiger partial charge in [0.1, 0.15) is 6.04 Å². The summed E-state index contributed by atoms with van der Waals surface area (Å²) in [6.45, 7) is 17.4. The van der Waals surface area contributed by atoms with Gasteiger partial charge in [0.05, 0.1) is 12.1 Å². The molecule has 3 N–H and O–H groups in total. The second-order valence-electron chi connectivity index (χ2n) is 12.9. The highest BCUT2D eigenvalue weighted by Crippen LogP contribution is 2.35. The molecule has 0 aliphatic carbocycles. The SMILES string of the molecule is CCc1ccc2c(C(C)(C)C(NC)C(=O)N[C@H](C(=O)N(C)[C@H](/C=C(\C)C(=O)O)C(C)C)C(C)(C)C)cn(C)c2c1. The number of benzene rings is 1.